The predicted octanol–water partition coefficient (Wildman–Crippen LogP) is 2.92. The van der Waals surface area contributed by atoms with Gasteiger partial charge in [-0.15, -0.1) is 0 Å². The number of halogens is 4. The number of hydrogen-bond donors (Lipinski definition) is 0. The van der Waals surface area contributed by atoms with Gasteiger partial charge in [-0.3, -0.25) is 24.2 Å². The average Bonchev–Trinajstić information content (AvgIpc) is 2.80. The highest BCUT2D eigenvalue weighted by molar-refractivity contribution is 9.10. The van der Waals surface area contributed by atoms with Crippen molar-refractivity contribution in [3.63, 3.8) is 0 Å². The van der Waals surface area contributed by atoms with Crippen LogP contribution < -0.4 is 0 Å². The number of alkyl halides is 3. The van der Waals surface area contributed by atoms with Gasteiger partial charge >= 0.3 is 6.18 Å². The summed E-state index contributed by atoms with van der Waals surface area (Å²) < 4.78 is 38.3. The summed E-state index contributed by atoms with van der Waals surface area (Å²) in [5, 5.41) is 0. The van der Waals surface area contributed by atoms with Crippen molar-refractivity contribution in [1.82, 2.24) is 14.7 Å². The molecule has 0 radical (unpaired) electrons. The number of rotatable bonds is 5. The van der Waals surface area contributed by atoms with Crippen LogP contribution in [0, 0.1) is 0 Å². The average molecular weight is 476 g/mol. The maximum absolute atomic E-state index is 12.5. The van der Waals surface area contributed by atoms with Gasteiger partial charge in [-0.05, 0) is 31.0 Å². The molecule has 0 saturated carbocycles. The van der Waals surface area contributed by atoms with Crippen molar-refractivity contribution < 1.29 is 27.6 Å². The number of carbonyl (C=O) groups is 3. The lowest BCUT2D eigenvalue weighted by Gasteiger charge is -2.23. The minimum absolute atomic E-state index is 0.129. The number of fused-ring (bicyclic) bond motifs is 1. The summed E-state index contributed by atoms with van der Waals surface area (Å²) in [5.41, 5.74) is 0.690. The van der Waals surface area contributed by atoms with Gasteiger partial charge in [-0.25, -0.2) is 0 Å². The number of hydrogen-bond acceptors (Lipinski definition) is 4. The van der Waals surface area contributed by atoms with E-state index in [1.165, 1.54) is 4.90 Å². The molecule has 10 heteroatoms. The first-order chi connectivity index (χ1) is 13.7. The van der Waals surface area contributed by atoms with E-state index in [0.29, 0.717) is 41.5 Å². The first kappa shape index (κ1) is 21.8. The molecule has 0 atom stereocenters. The lowest BCUT2D eigenvalue weighted by atomic mass is 10.1. The minimum Gasteiger partial charge on any atom is -0.341 e. The molecule has 0 spiro atoms. The number of carbonyl (C=O) groups excluding carboxylic acids is 3. The van der Waals surface area contributed by atoms with E-state index in [2.05, 4.69) is 15.9 Å². The summed E-state index contributed by atoms with van der Waals surface area (Å²) in [5.74, 6) is -0.919. The fraction of sp³-hybridized carbons (Fsp3) is 0.526. The van der Waals surface area contributed by atoms with Crippen molar-refractivity contribution in [2.24, 2.45) is 0 Å². The van der Waals surface area contributed by atoms with E-state index in [1.54, 1.807) is 23.1 Å². The van der Waals surface area contributed by atoms with E-state index in [1.807, 2.05) is 0 Å². The van der Waals surface area contributed by atoms with Gasteiger partial charge in [0.1, 0.15) is 0 Å². The lowest BCUT2D eigenvalue weighted by molar-refractivity contribution is -0.145. The second kappa shape index (κ2) is 8.83. The van der Waals surface area contributed by atoms with Crippen molar-refractivity contribution in [2.45, 2.75) is 25.4 Å². The third-order valence-corrected chi connectivity index (χ3v) is 5.54. The zero-order chi connectivity index (χ0) is 21.2. The van der Waals surface area contributed by atoms with Gasteiger partial charge in [0, 0.05) is 43.6 Å². The number of benzene rings is 1. The van der Waals surface area contributed by atoms with Gasteiger partial charge in [0.2, 0.25) is 5.91 Å². The molecule has 158 valence electrons. The quantitative estimate of drug-likeness (QED) is 0.614. The molecule has 6 nitrogen and oxygen atoms in total. The highest BCUT2D eigenvalue weighted by Gasteiger charge is 2.35. The molecule has 2 heterocycles. The van der Waals surface area contributed by atoms with Gasteiger partial charge in [-0.1, -0.05) is 15.9 Å². The Kier molecular flexibility index (Phi) is 6.62. The van der Waals surface area contributed by atoms with Gasteiger partial charge in [0.15, 0.2) is 0 Å². The Morgan fingerprint density at radius 1 is 1.03 bits per heavy atom. The van der Waals surface area contributed by atoms with Crippen molar-refractivity contribution in [3.05, 3.63) is 33.8 Å². The Morgan fingerprint density at radius 2 is 1.76 bits per heavy atom. The van der Waals surface area contributed by atoms with Gasteiger partial charge in [0.25, 0.3) is 11.8 Å². The number of nitrogens with zero attached hydrogens (tertiary/aromatic N) is 3. The summed E-state index contributed by atoms with van der Waals surface area (Å²) in [6.07, 6.45) is -3.32. The fourth-order valence-electron chi connectivity index (χ4n) is 3.64. The Hall–Kier alpha value is -1.94. The van der Waals surface area contributed by atoms with Crippen LogP contribution in [0.2, 0.25) is 0 Å². The molecular formula is C19H21BrF3N3O3. The molecule has 29 heavy (non-hydrogen) atoms. The van der Waals surface area contributed by atoms with Crippen LogP contribution in [0.5, 0.6) is 0 Å². The Morgan fingerprint density at radius 3 is 2.48 bits per heavy atom. The van der Waals surface area contributed by atoms with Crippen LogP contribution in [-0.4, -0.2) is 77.9 Å². The number of imide groups is 1. The molecule has 1 aromatic carbocycles. The molecule has 2 aliphatic heterocycles. The molecule has 1 aromatic rings. The first-order valence-corrected chi connectivity index (χ1v) is 10.2. The van der Waals surface area contributed by atoms with Crippen LogP contribution in [0.25, 0.3) is 0 Å². The van der Waals surface area contributed by atoms with Crippen molar-refractivity contribution >= 4 is 33.7 Å². The van der Waals surface area contributed by atoms with Gasteiger partial charge < -0.3 is 4.90 Å². The minimum atomic E-state index is -4.25. The molecule has 0 aliphatic carbocycles. The first-order valence-electron chi connectivity index (χ1n) is 9.38. The van der Waals surface area contributed by atoms with Crippen LogP contribution in [0.15, 0.2) is 22.7 Å². The van der Waals surface area contributed by atoms with E-state index in [9.17, 15) is 27.6 Å². The SMILES string of the molecule is O=C(CCCN1C(=O)c2ccc(Br)cc2C1=O)N1CCCN(CC(F)(F)F)CC1. The molecule has 3 amide bonds. The van der Waals surface area contributed by atoms with Crippen molar-refractivity contribution in [3.8, 4) is 0 Å². The van der Waals surface area contributed by atoms with E-state index in [0.717, 1.165) is 4.90 Å². The van der Waals surface area contributed by atoms with Gasteiger partial charge in [0.05, 0.1) is 17.7 Å². The summed E-state index contributed by atoms with van der Waals surface area (Å²) in [6.45, 7) is 0.297. The molecule has 1 fully saturated rings. The maximum Gasteiger partial charge on any atom is 0.401 e. The highest BCUT2D eigenvalue weighted by atomic mass is 79.9. The van der Waals surface area contributed by atoms with Crippen LogP contribution >= 0.6 is 15.9 Å². The Balaban J connectivity index is 1.48. The molecular weight excluding hydrogens is 455 g/mol. The fourth-order valence-corrected chi connectivity index (χ4v) is 4.01. The topological polar surface area (TPSA) is 60.9 Å². The lowest BCUT2D eigenvalue weighted by Crippen LogP contribution is -2.38. The van der Waals surface area contributed by atoms with E-state index < -0.39 is 12.7 Å². The highest BCUT2D eigenvalue weighted by Crippen LogP contribution is 2.26. The van der Waals surface area contributed by atoms with Crippen LogP contribution in [0.1, 0.15) is 40.0 Å². The molecule has 0 unspecified atom stereocenters. The van der Waals surface area contributed by atoms with E-state index >= 15 is 0 Å². The maximum atomic E-state index is 12.5. The largest absolute Gasteiger partial charge is 0.401 e. The Bertz CT molecular complexity index is 816. The summed E-state index contributed by atoms with van der Waals surface area (Å²) >= 11 is 3.28. The third-order valence-electron chi connectivity index (χ3n) is 5.05. The summed E-state index contributed by atoms with van der Waals surface area (Å²) in [4.78, 5) is 41.3. The van der Waals surface area contributed by atoms with Crippen LogP contribution in [0.3, 0.4) is 0 Å². The van der Waals surface area contributed by atoms with Crippen molar-refractivity contribution in [1.29, 1.82) is 0 Å². The second-order valence-electron chi connectivity index (χ2n) is 7.18. The summed E-state index contributed by atoms with van der Waals surface area (Å²) in [7, 11) is 0. The zero-order valence-electron chi connectivity index (χ0n) is 15.7. The molecule has 0 aromatic heterocycles. The predicted molar refractivity (Wildman–Crippen MR) is 102 cm³/mol. The molecule has 0 N–H and O–H groups in total. The van der Waals surface area contributed by atoms with E-state index in [4.69, 9.17) is 0 Å². The summed E-state index contributed by atoms with van der Waals surface area (Å²) in [6, 6.07) is 4.89. The third kappa shape index (κ3) is 5.36. The van der Waals surface area contributed by atoms with Crippen molar-refractivity contribution in [2.75, 3.05) is 39.3 Å². The van der Waals surface area contributed by atoms with Crippen LogP contribution in [0.4, 0.5) is 13.2 Å². The smallest absolute Gasteiger partial charge is 0.341 e. The molecule has 2 aliphatic rings. The van der Waals surface area contributed by atoms with E-state index in [-0.39, 0.29) is 43.8 Å². The van der Waals surface area contributed by atoms with Crippen LogP contribution in [-0.2, 0) is 4.79 Å². The zero-order valence-corrected chi connectivity index (χ0v) is 17.3. The molecule has 1 saturated heterocycles. The number of amides is 3. The normalized spacial score (nSPS) is 18.2. The molecule has 3 rings (SSSR count). The standard InChI is InChI=1S/C19H21BrF3N3O3/c20-13-4-5-14-15(11-13)18(29)26(17(14)28)8-1-3-16(27)25-7-2-6-24(9-10-25)12-19(21,22)23/h4-5,11H,1-3,6-10,12H2. The second-order valence-corrected chi connectivity index (χ2v) is 8.10. The van der Waals surface area contributed by atoms with Gasteiger partial charge in [-0.2, -0.15) is 13.2 Å². The molecule has 0 bridgehead atoms. The Labute approximate surface area is 174 Å². The monoisotopic (exact) mass is 475 g/mol.